The second kappa shape index (κ2) is 5.67. The Morgan fingerprint density at radius 2 is 2.13 bits per heavy atom. The number of nitro groups is 1. The highest BCUT2D eigenvalue weighted by Gasteiger charge is 2.10. The van der Waals surface area contributed by atoms with Crippen molar-refractivity contribution in [3.05, 3.63) is 39.9 Å². The summed E-state index contributed by atoms with van der Waals surface area (Å²) in [6.45, 7) is 0.766. The van der Waals surface area contributed by atoms with Crippen LogP contribution in [0.2, 0.25) is 0 Å². The molecule has 0 fully saturated rings. The van der Waals surface area contributed by atoms with Crippen LogP contribution in [0.15, 0.2) is 24.3 Å². The van der Waals surface area contributed by atoms with Gasteiger partial charge in [-0.25, -0.2) is 0 Å². The van der Waals surface area contributed by atoms with Gasteiger partial charge in [0.15, 0.2) is 0 Å². The van der Waals surface area contributed by atoms with Crippen LogP contribution >= 0.6 is 15.9 Å². The minimum absolute atomic E-state index is 0.0139. The first kappa shape index (κ1) is 11.9. The quantitative estimate of drug-likeness (QED) is 0.385. The molecule has 2 aliphatic heterocycles. The van der Waals surface area contributed by atoms with E-state index in [-0.39, 0.29) is 5.33 Å². The van der Waals surface area contributed by atoms with Crippen molar-refractivity contribution in [3.63, 3.8) is 0 Å². The molecule has 1 aromatic carbocycles. The summed E-state index contributed by atoms with van der Waals surface area (Å²) in [6.07, 6.45) is -1.46. The molecule has 0 saturated heterocycles. The highest BCUT2D eigenvalue weighted by Crippen LogP contribution is 2.19. The predicted octanol–water partition coefficient (Wildman–Crippen LogP) is 1.56. The van der Waals surface area contributed by atoms with Gasteiger partial charge in [-0.3, -0.25) is 10.1 Å². The molecule has 3 rings (SSSR count). The normalized spacial score (nSPS) is 13.5. The van der Waals surface area contributed by atoms with E-state index in [1.165, 1.54) is 5.56 Å². The van der Waals surface area contributed by atoms with Crippen LogP contribution in [0.5, 0.6) is 5.75 Å². The fraction of sp³-hybridized carbons (Fsp3) is 0.333. The molecule has 0 radical (unpaired) electrons. The van der Waals surface area contributed by atoms with Crippen LogP contribution < -0.4 is 4.74 Å². The van der Waals surface area contributed by atoms with Crippen molar-refractivity contribution in [3.8, 4) is 5.75 Å². The molecular formula is C9H10BrNO4. The second-order valence-corrected chi connectivity index (χ2v) is 3.50. The molecule has 6 heteroatoms. The van der Waals surface area contributed by atoms with Crippen LogP contribution in [0.1, 0.15) is 5.56 Å². The van der Waals surface area contributed by atoms with Crippen molar-refractivity contribution in [1.82, 2.24) is 0 Å². The molecule has 2 heterocycles. The lowest BCUT2D eigenvalue weighted by Crippen LogP contribution is -2.19. The average molecular weight is 276 g/mol. The molecule has 0 unspecified atom stereocenters. The van der Waals surface area contributed by atoms with Gasteiger partial charge in [-0.05, 0) is 17.7 Å². The third kappa shape index (κ3) is 3.85. The average Bonchev–Trinajstić information content (AvgIpc) is 2.31. The Labute approximate surface area is 95.0 Å². The largest absolute Gasteiger partial charge is 0.489 e. The summed E-state index contributed by atoms with van der Waals surface area (Å²) in [6, 6.07) is 8.13. The van der Waals surface area contributed by atoms with Crippen molar-refractivity contribution < 1.29 is 14.8 Å². The molecule has 2 aliphatic rings. The smallest absolute Gasteiger partial charge is 0.322 e. The zero-order valence-electron chi connectivity index (χ0n) is 7.80. The summed E-state index contributed by atoms with van der Waals surface area (Å²) in [5.41, 5.74) is 1.26. The predicted molar refractivity (Wildman–Crippen MR) is 57.6 cm³/mol. The molecular weight excluding hydrogens is 266 g/mol. The first-order chi connectivity index (χ1) is 7.13. The van der Waals surface area contributed by atoms with Crippen molar-refractivity contribution in [2.24, 2.45) is 0 Å². The highest BCUT2D eigenvalue weighted by molar-refractivity contribution is 9.09. The van der Waals surface area contributed by atoms with Gasteiger partial charge in [0.25, 0.3) is 0 Å². The molecule has 82 valence electrons. The molecule has 5 nitrogen and oxygen atoms in total. The maximum atomic E-state index is 9.46. The van der Waals surface area contributed by atoms with Gasteiger partial charge < -0.3 is 9.84 Å². The van der Waals surface area contributed by atoms with Gasteiger partial charge in [-0.1, -0.05) is 28.1 Å². The molecule has 0 saturated carbocycles. The summed E-state index contributed by atoms with van der Waals surface area (Å²) >= 11 is 2.72. The Balaban J connectivity index is 0.000000153. The number of rotatable bonds is 2. The number of benzene rings is 1. The number of hydrogen-bond donors (Lipinski definition) is 1. The van der Waals surface area contributed by atoms with Crippen molar-refractivity contribution in [1.29, 1.82) is 0 Å². The molecule has 1 aromatic rings. The minimum Gasteiger partial charge on any atom is -0.489 e. The van der Waals surface area contributed by atoms with E-state index in [0.717, 1.165) is 12.4 Å². The van der Waals surface area contributed by atoms with E-state index in [4.69, 9.17) is 9.84 Å². The van der Waals surface area contributed by atoms with E-state index in [0.29, 0.717) is 0 Å². The Kier molecular flexibility index (Phi) is 4.51. The number of aliphatic hydroxyl groups excluding tert-OH is 1. The van der Waals surface area contributed by atoms with E-state index in [9.17, 15) is 10.1 Å². The van der Waals surface area contributed by atoms with Gasteiger partial charge in [0.2, 0.25) is 0 Å². The van der Waals surface area contributed by atoms with Crippen LogP contribution in [0, 0.1) is 10.1 Å². The first-order valence-corrected chi connectivity index (χ1v) is 5.35. The highest BCUT2D eigenvalue weighted by atomic mass is 79.9. The van der Waals surface area contributed by atoms with Crippen molar-refractivity contribution in [2.75, 3.05) is 5.33 Å². The van der Waals surface area contributed by atoms with Gasteiger partial charge >= 0.3 is 6.23 Å². The maximum absolute atomic E-state index is 9.46. The number of hydrogen-bond acceptors (Lipinski definition) is 4. The lowest BCUT2D eigenvalue weighted by atomic mass is 10.2. The molecule has 0 aliphatic carbocycles. The monoisotopic (exact) mass is 275 g/mol. The van der Waals surface area contributed by atoms with E-state index in [1.54, 1.807) is 0 Å². The summed E-state index contributed by atoms with van der Waals surface area (Å²) in [7, 11) is 0. The number of ether oxygens (including phenoxy) is 1. The number of aliphatic hydroxyl groups is 1. The Morgan fingerprint density at radius 3 is 2.20 bits per heavy atom. The Hall–Kier alpha value is -1.14. The minimum atomic E-state index is -1.46. The number of halogens is 1. The number of alkyl halides is 1. The third-order valence-corrected chi connectivity index (χ3v) is 2.29. The molecule has 2 bridgehead atoms. The summed E-state index contributed by atoms with van der Waals surface area (Å²) in [5.74, 6) is 0.986. The van der Waals surface area contributed by atoms with E-state index < -0.39 is 11.2 Å². The van der Waals surface area contributed by atoms with Crippen LogP contribution in [0.4, 0.5) is 0 Å². The van der Waals surface area contributed by atoms with E-state index in [2.05, 4.69) is 28.1 Å². The Bertz CT molecular complexity index is 304. The topological polar surface area (TPSA) is 72.6 Å². The second-order valence-electron chi connectivity index (χ2n) is 2.85. The van der Waals surface area contributed by atoms with E-state index in [1.807, 2.05) is 12.1 Å². The summed E-state index contributed by atoms with van der Waals surface area (Å²) < 4.78 is 5.18. The third-order valence-electron chi connectivity index (χ3n) is 1.71. The molecule has 0 amide bonds. The molecule has 0 spiro atoms. The van der Waals surface area contributed by atoms with Gasteiger partial charge in [-0.2, -0.15) is 0 Å². The van der Waals surface area contributed by atoms with E-state index >= 15 is 0 Å². The van der Waals surface area contributed by atoms with Crippen LogP contribution in [-0.4, -0.2) is 21.6 Å². The standard InChI is InChI=1S/C7H6O.C2H4BrNO3/c1-3-7-4-2-6(1)5-8-7;3-1-2(5)4(6)7/h1-4H,5H2;2,5H,1H2/t;2-/m.1/s1. The summed E-state index contributed by atoms with van der Waals surface area (Å²) in [5, 5.41) is 17.6. The SMILES string of the molecule is O=[N+]([O-])[C@H](O)CBr.c1cc2ccc1CO2. The number of fused-ring (bicyclic) bond motifs is 3. The summed E-state index contributed by atoms with van der Waals surface area (Å²) in [4.78, 5) is 8.69. The molecule has 1 N–H and O–H groups in total. The molecule has 15 heavy (non-hydrogen) atoms. The zero-order chi connectivity index (χ0) is 11.3. The lowest BCUT2D eigenvalue weighted by molar-refractivity contribution is -0.563. The lowest BCUT2D eigenvalue weighted by Gasteiger charge is -2.11. The van der Waals surface area contributed by atoms with Gasteiger partial charge in [0, 0.05) is 0 Å². The van der Waals surface area contributed by atoms with Gasteiger partial charge in [-0.15, -0.1) is 0 Å². The molecule has 1 atom stereocenters. The number of nitrogens with zero attached hydrogens (tertiary/aromatic N) is 1. The fourth-order valence-electron chi connectivity index (χ4n) is 0.905. The van der Waals surface area contributed by atoms with Crippen molar-refractivity contribution in [2.45, 2.75) is 12.8 Å². The van der Waals surface area contributed by atoms with Crippen LogP contribution in [-0.2, 0) is 6.61 Å². The molecule has 0 aromatic heterocycles. The first-order valence-electron chi connectivity index (χ1n) is 4.22. The van der Waals surface area contributed by atoms with Gasteiger partial charge in [0.1, 0.15) is 12.4 Å². The van der Waals surface area contributed by atoms with Crippen LogP contribution in [0.3, 0.4) is 0 Å². The Morgan fingerprint density at radius 1 is 1.53 bits per heavy atom. The van der Waals surface area contributed by atoms with Crippen molar-refractivity contribution >= 4 is 15.9 Å². The van der Waals surface area contributed by atoms with Gasteiger partial charge in [0.05, 0.1) is 10.3 Å². The van der Waals surface area contributed by atoms with Crippen LogP contribution in [0.25, 0.3) is 0 Å². The maximum Gasteiger partial charge on any atom is 0.322 e. The fourth-order valence-corrected chi connectivity index (χ4v) is 1.14. The zero-order valence-corrected chi connectivity index (χ0v) is 9.38.